The van der Waals surface area contributed by atoms with Crippen LogP contribution in [0.1, 0.15) is 43.3 Å². The Hall–Kier alpha value is -3.34. The van der Waals surface area contributed by atoms with Crippen LogP contribution in [0.2, 0.25) is 10.0 Å². The van der Waals surface area contributed by atoms with Crippen LogP contribution < -0.4 is 10.6 Å². The van der Waals surface area contributed by atoms with E-state index in [4.69, 9.17) is 27.6 Å². The molecule has 3 N–H and O–H groups in total. The molecule has 1 atom stereocenters. The molecule has 194 valence electrons. The molecule has 3 amide bonds. The fraction of sp³-hybridized carbons (Fsp3) is 0.280. The highest BCUT2D eigenvalue weighted by atomic mass is 35.5. The average Bonchev–Trinajstić information content (AvgIpc) is 3.59. The molecule has 0 bridgehead atoms. The van der Waals surface area contributed by atoms with E-state index in [-0.39, 0.29) is 28.1 Å². The number of rotatable bonds is 9. The fourth-order valence-corrected chi connectivity index (χ4v) is 5.44. The van der Waals surface area contributed by atoms with Gasteiger partial charge in [-0.2, -0.15) is 0 Å². The normalized spacial score (nSPS) is 13.5. The summed E-state index contributed by atoms with van der Waals surface area (Å²) in [4.78, 5) is 51.7. The molecule has 12 heteroatoms. The number of carbonyl (C=O) groups excluding carboxylic acids is 3. The lowest BCUT2D eigenvalue weighted by Crippen LogP contribution is -2.48. The summed E-state index contributed by atoms with van der Waals surface area (Å²) in [7, 11) is 0. The number of fused-ring (bicyclic) bond motifs is 1. The Morgan fingerprint density at radius 2 is 1.97 bits per heavy atom. The number of hydrogen-bond donors (Lipinski definition) is 3. The van der Waals surface area contributed by atoms with Crippen LogP contribution in [-0.2, 0) is 29.0 Å². The molecule has 0 spiro atoms. The van der Waals surface area contributed by atoms with Gasteiger partial charge in [0.2, 0.25) is 5.91 Å². The van der Waals surface area contributed by atoms with Crippen LogP contribution in [0.25, 0.3) is 0 Å². The van der Waals surface area contributed by atoms with Gasteiger partial charge in [0.25, 0.3) is 11.8 Å². The number of aliphatic carboxylic acids is 1. The summed E-state index contributed by atoms with van der Waals surface area (Å²) in [5, 5.41) is 16.3. The smallest absolute Gasteiger partial charge is 0.328 e. The van der Waals surface area contributed by atoms with Crippen LogP contribution in [-0.4, -0.2) is 52.8 Å². The summed E-state index contributed by atoms with van der Waals surface area (Å²) in [6.07, 6.45) is 2.77. The van der Waals surface area contributed by atoms with Crippen molar-refractivity contribution in [2.45, 2.75) is 31.8 Å². The molecule has 3 aromatic rings. The highest BCUT2D eigenvalue weighted by Crippen LogP contribution is 2.35. The van der Waals surface area contributed by atoms with Crippen molar-refractivity contribution >= 4 is 58.2 Å². The van der Waals surface area contributed by atoms with Crippen LogP contribution >= 0.6 is 34.5 Å². The monoisotopic (exact) mass is 563 g/mol. The molecular weight excluding hydrogens is 541 g/mol. The van der Waals surface area contributed by atoms with E-state index in [1.54, 1.807) is 40.8 Å². The molecule has 0 unspecified atom stereocenters. The number of carbonyl (C=O) groups is 4. The predicted molar refractivity (Wildman–Crippen MR) is 138 cm³/mol. The Morgan fingerprint density at radius 3 is 2.65 bits per heavy atom. The van der Waals surface area contributed by atoms with E-state index in [0.29, 0.717) is 42.8 Å². The predicted octanol–water partition coefficient (Wildman–Crippen LogP) is 3.78. The maximum absolute atomic E-state index is 13.0. The maximum Gasteiger partial charge on any atom is 0.328 e. The quantitative estimate of drug-likeness (QED) is 0.363. The fourth-order valence-electron chi connectivity index (χ4n) is 4.04. The number of aryl methyl sites for hydroxylation is 1. The van der Waals surface area contributed by atoms with Gasteiger partial charge in [-0.25, -0.2) is 4.79 Å². The van der Waals surface area contributed by atoms with E-state index < -0.39 is 23.8 Å². The van der Waals surface area contributed by atoms with Crippen LogP contribution in [0, 0.1) is 0 Å². The van der Waals surface area contributed by atoms with Gasteiger partial charge in [0.1, 0.15) is 11.8 Å². The first-order valence-electron chi connectivity index (χ1n) is 11.4. The molecule has 37 heavy (non-hydrogen) atoms. The average molecular weight is 564 g/mol. The lowest BCUT2D eigenvalue weighted by atomic mass is 9.96. The number of nitrogens with zero attached hydrogens (tertiary/aromatic N) is 1. The second-order valence-electron chi connectivity index (χ2n) is 8.38. The van der Waals surface area contributed by atoms with E-state index in [9.17, 15) is 24.3 Å². The summed E-state index contributed by atoms with van der Waals surface area (Å²) in [6.45, 7) is 0.381. The Labute approximate surface area is 226 Å². The van der Waals surface area contributed by atoms with Crippen molar-refractivity contribution in [3.8, 4) is 0 Å². The molecule has 0 fully saturated rings. The molecule has 0 saturated heterocycles. The number of benzene rings is 1. The Bertz CT molecular complexity index is 1310. The van der Waals surface area contributed by atoms with Crippen LogP contribution in [0.3, 0.4) is 0 Å². The van der Waals surface area contributed by atoms with Crippen molar-refractivity contribution in [1.82, 2.24) is 15.5 Å². The summed E-state index contributed by atoms with van der Waals surface area (Å²) in [5.74, 6) is -1.84. The Morgan fingerprint density at radius 1 is 1.16 bits per heavy atom. The zero-order chi connectivity index (χ0) is 26.5. The van der Waals surface area contributed by atoms with Gasteiger partial charge in [0, 0.05) is 32.5 Å². The number of nitrogens with one attached hydrogen (secondary N) is 2. The molecule has 9 nitrogen and oxygen atoms in total. The van der Waals surface area contributed by atoms with Crippen molar-refractivity contribution in [2.24, 2.45) is 0 Å². The zero-order valence-electron chi connectivity index (χ0n) is 19.5. The van der Waals surface area contributed by atoms with Crippen LogP contribution in [0.4, 0.5) is 0 Å². The van der Waals surface area contributed by atoms with Gasteiger partial charge >= 0.3 is 5.97 Å². The van der Waals surface area contributed by atoms with Gasteiger partial charge in [-0.15, -0.1) is 11.3 Å². The van der Waals surface area contributed by atoms with E-state index in [2.05, 4.69) is 10.6 Å². The second-order valence-corrected chi connectivity index (χ2v) is 10.1. The van der Waals surface area contributed by atoms with Gasteiger partial charge in [-0.1, -0.05) is 29.3 Å². The molecule has 0 radical (unpaired) electrons. The zero-order valence-corrected chi connectivity index (χ0v) is 21.8. The Balaban J connectivity index is 1.42. The minimum absolute atomic E-state index is 0.0370. The third-order valence-corrected chi connectivity index (χ3v) is 7.55. The molecule has 0 saturated carbocycles. The molecule has 0 aliphatic carbocycles. The number of carboxylic acid groups (broad SMARTS) is 1. The molecule has 4 rings (SSSR count). The molecule has 3 heterocycles. The number of furan rings is 1. The first-order valence-corrected chi connectivity index (χ1v) is 13.0. The highest BCUT2D eigenvalue weighted by molar-refractivity contribution is 7.12. The number of carboxylic acids is 1. The minimum atomic E-state index is -1.40. The van der Waals surface area contributed by atoms with Gasteiger partial charge in [0.15, 0.2) is 0 Å². The topological polar surface area (TPSA) is 129 Å². The molecule has 2 aromatic heterocycles. The molecular formula is C25H23Cl2N3O6S. The summed E-state index contributed by atoms with van der Waals surface area (Å²) < 4.78 is 5.28. The van der Waals surface area contributed by atoms with E-state index in [0.717, 1.165) is 11.3 Å². The SMILES string of the molecule is O=C(NC[C@H](NC(=O)c1c(Cl)cc2c(c1Cl)CCN(C(=O)CCc1ccco1)C2)C(=O)O)c1cccs1. The highest BCUT2D eigenvalue weighted by Gasteiger charge is 2.29. The van der Waals surface area contributed by atoms with Crippen LogP contribution in [0.5, 0.6) is 0 Å². The largest absolute Gasteiger partial charge is 0.480 e. The Kier molecular flexibility index (Phi) is 8.52. The summed E-state index contributed by atoms with van der Waals surface area (Å²) >= 11 is 14.2. The number of amides is 3. The van der Waals surface area contributed by atoms with Crippen molar-refractivity contribution in [3.63, 3.8) is 0 Å². The minimum Gasteiger partial charge on any atom is -0.480 e. The summed E-state index contributed by atoms with van der Waals surface area (Å²) in [6, 6.07) is 7.08. The van der Waals surface area contributed by atoms with Gasteiger partial charge in [-0.05, 0) is 47.2 Å². The summed E-state index contributed by atoms with van der Waals surface area (Å²) in [5.41, 5.74) is 1.36. The van der Waals surface area contributed by atoms with Crippen molar-refractivity contribution < 1.29 is 28.7 Å². The van der Waals surface area contributed by atoms with Crippen molar-refractivity contribution in [1.29, 1.82) is 0 Å². The standard InChI is InChI=1S/C25H23Cl2N3O6S/c26-17-11-14-13-30(20(31)6-5-15-3-1-9-36-15)8-7-16(14)22(27)21(17)24(33)29-18(25(34)35)12-28-23(32)19-4-2-10-37-19/h1-4,9-11,18H,5-8,12-13H2,(H,28,32)(H,29,33)(H,34,35)/t18-/m0/s1. The number of halogens is 2. The van der Waals surface area contributed by atoms with Crippen molar-refractivity contribution in [3.05, 3.63) is 79.3 Å². The van der Waals surface area contributed by atoms with Gasteiger partial charge in [-0.3, -0.25) is 14.4 Å². The third kappa shape index (κ3) is 6.33. The molecule has 1 aliphatic heterocycles. The molecule has 1 aromatic carbocycles. The number of hydrogen-bond acceptors (Lipinski definition) is 6. The van der Waals surface area contributed by atoms with Crippen LogP contribution in [0.15, 0.2) is 46.4 Å². The van der Waals surface area contributed by atoms with E-state index in [1.807, 2.05) is 6.07 Å². The second kappa shape index (κ2) is 11.8. The first kappa shape index (κ1) is 26.7. The lowest BCUT2D eigenvalue weighted by Gasteiger charge is -2.30. The van der Waals surface area contributed by atoms with E-state index in [1.165, 1.54) is 11.3 Å². The molecule has 1 aliphatic rings. The van der Waals surface area contributed by atoms with E-state index >= 15 is 0 Å². The third-order valence-electron chi connectivity index (χ3n) is 5.97. The lowest BCUT2D eigenvalue weighted by molar-refractivity contribution is -0.139. The van der Waals surface area contributed by atoms with Crippen molar-refractivity contribution in [2.75, 3.05) is 13.1 Å². The maximum atomic E-state index is 13.0. The van der Waals surface area contributed by atoms with Gasteiger partial charge < -0.3 is 25.1 Å². The number of thiophene rings is 1. The first-order chi connectivity index (χ1) is 17.7. The van der Waals surface area contributed by atoms with Gasteiger partial charge in [0.05, 0.1) is 26.7 Å².